The largest absolute Gasteiger partial charge is 0.391 e. The molecule has 0 radical (unpaired) electrons. The Hall–Kier alpha value is 1.28. The van der Waals surface area contributed by atoms with E-state index in [1.165, 1.54) is 6.42 Å². The molecule has 3 aliphatic rings. The molecule has 0 bridgehead atoms. The maximum atomic E-state index is 10.0. The minimum Gasteiger partial charge on any atom is -0.391 e. The Labute approximate surface area is 124 Å². The lowest BCUT2D eigenvalue weighted by Crippen LogP contribution is -2.46. The smallest absolute Gasteiger partial charge is 0.114 e. The molecule has 0 aromatic heterocycles. The maximum absolute atomic E-state index is 10.0. The average molecular weight is 326 g/mol. The Bertz CT molecular complexity index is 281. The summed E-state index contributed by atoms with van der Waals surface area (Å²) < 4.78 is 0. The van der Waals surface area contributed by atoms with Crippen molar-refractivity contribution in [3.63, 3.8) is 0 Å². The second kappa shape index (κ2) is 5.95. The van der Waals surface area contributed by atoms with Gasteiger partial charge in [-0.15, -0.1) is 0 Å². The first-order chi connectivity index (χ1) is 8.68. The van der Waals surface area contributed by atoms with Gasteiger partial charge in [0.1, 0.15) is 5.44 Å². The predicted molar refractivity (Wildman–Crippen MR) is 84.0 cm³/mol. The summed E-state index contributed by atoms with van der Waals surface area (Å²) in [6.07, 6.45) is 2.16. The minimum absolute atomic E-state index is 0.163. The van der Waals surface area contributed by atoms with E-state index < -0.39 is 0 Å². The van der Waals surface area contributed by atoms with Gasteiger partial charge in [0.05, 0.1) is 11.4 Å². The van der Waals surface area contributed by atoms with Gasteiger partial charge in [-0.2, -0.15) is 0 Å². The van der Waals surface area contributed by atoms with Crippen LogP contribution in [0.4, 0.5) is 0 Å². The van der Waals surface area contributed by atoms with E-state index in [2.05, 4.69) is 11.9 Å². The van der Waals surface area contributed by atoms with Crippen LogP contribution in [0, 0.1) is 5.92 Å². The van der Waals surface area contributed by atoms with Crippen molar-refractivity contribution in [2.45, 2.75) is 41.7 Å². The molecule has 3 rings (SSSR count). The normalized spacial score (nSPS) is 50.2. The Balaban J connectivity index is 1.66. The zero-order valence-corrected chi connectivity index (χ0v) is 13.5. The van der Waals surface area contributed by atoms with Crippen molar-refractivity contribution in [1.29, 1.82) is 0 Å². The molecule has 3 heterocycles. The van der Waals surface area contributed by atoms with Crippen LogP contribution in [0.3, 0.4) is 0 Å². The molecule has 3 nitrogen and oxygen atoms in total. The van der Waals surface area contributed by atoms with Crippen molar-refractivity contribution in [3.05, 3.63) is 0 Å². The summed E-state index contributed by atoms with van der Waals surface area (Å²) in [5, 5.41) is 20.4. The molecule has 3 aliphatic heterocycles. The average Bonchev–Trinajstić information content (AvgIpc) is 3.01. The summed E-state index contributed by atoms with van der Waals surface area (Å²) in [5.74, 6) is 2.32. The number of nitrogens with zero attached hydrogens (tertiary/aromatic N) is 1. The number of aliphatic hydroxyl groups is 2. The van der Waals surface area contributed by atoms with Crippen molar-refractivity contribution in [3.8, 4) is 0 Å². The molecule has 18 heavy (non-hydrogen) atoms. The van der Waals surface area contributed by atoms with E-state index in [-0.39, 0.29) is 11.5 Å². The van der Waals surface area contributed by atoms with Crippen LogP contribution in [0.1, 0.15) is 12.8 Å². The molecule has 7 heteroatoms. The highest BCUT2D eigenvalue weighted by molar-refractivity contribution is 8.77. The fourth-order valence-electron chi connectivity index (χ4n) is 3.22. The Morgan fingerprint density at radius 1 is 1.00 bits per heavy atom. The van der Waals surface area contributed by atoms with E-state index >= 15 is 0 Å². The summed E-state index contributed by atoms with van der Waals surface area (Å²) in [5.41, 5.74) is -0.211. The molecule has 0 amide bonds. The molecule has 6 atom stereocenters. The van der Waals surface area contributed by atoms with Gasteiger partial charge in [0.15, 0.2) is 0 Å². The zero-order chi connectivity index (χ0) is 12.7. The molecular weight excluding hydrogens is 306 g/mol. The maximum Gasteiger partial charge on any atom is 0.114 e. The van der Waals surface area contributed by atoms with Crippen LogP contribution in [0.2, 0.25) is 0 Å². The zero-order valence-electron chi connectivity index (χ0n) is 10.3. The van der Waals surface area contributed by atoms with Crippen molar-refractivity contribution in [1.82, 2.24) is 4.90 Å². The first kappa shape index (κ1) is 14.2. The molecule has 104 valence electrons. The van der Waals surface area contributed by atoms with Crippen LogP contribution in [-0.2, 0) is 0 Å². The van der Waals surface area contributed by atoms with E-state index in [4.69, 9.17) is 0 Å². The van der Waals surface area contributed by atoms with E-state index in [0.717, 1.165) is 17.9 Å². The molecule has 3 saturated heterocycles. The quantitative estimate of drug-likeness (QED) is 0.752. The molecule has 0 unspecified atom stereocenters. The van der Waals surface area contributed by atoms with Crippen LogP contribution in [-0.4, -0.2) is 62.5 Å². The predicted octanol–water partition coefficient (Wildman–Crippen LogP) is 1.90. The van der Waals surface area contributed by atoms with Gasteiger partial charge < -0.3 is 10.2 Å². The highest BCUT2D eigenvalue weighted by Gasteiger charge is 2.46. The minimum atomic E-state index is -0.211. The van der Waals surface area contributed by atoms with Gasteiger partial charge in [-0.3, -0.25) is 4.90 Å². The summed E-state index contributed by atoms with van der Waals surface area (Å²) in [6.45, 7) is 0. The van der Waals surface area contributed by atoms with Gasteiger partial charge in [0, 0.05) is 29.5 Å². The number of hydrogen-bond acceptors (Lipinski definition) is 7. The topological polar surface area (TPSA) is 43.7 Å². The van der Waals surface area contributed by atoms with Crippen LogP contribution in [0.5, 0.6) is 0 Å². The third-order valence-corrected chi connectivity index (χ3v) is 9.83. The van der Waals surface area contributed by atoms with Crippen LogP contribution >= 0.6 is 43.2 Å². The van der Waals surface area contributed by atoms with E-state index in [1.54, 1.807) is 32.4 Å². The lowest BCUT2D eigenvalue weighted by molar-refractivity contribution is 0.103. The van der Waals surface area contributed by atoms with Crippen molar-refractivity contribution < 1.29 is 10.2 Å². The number of aliphatic hydroxyl groups excluding tert-OH is 2. The monoisotopic (exact) mass is 325 g/mol. The summed E-state index contributed by atoms with van der Waals surface area (Å²) in [4.78, 5) is 2.44. The van der Waals surface area contributed by atoms with E-state index in [9.17, 15) is 10.2 Å². The molecule has 0 aromatic carbocycles. The highest BCUT2D eigenvalue weighted by Crippen LogP contribution is 2.48. The third-order valence-electron chi connectivity index (χ3n) is 4.27. The first-order valence-corrected chi connectivity index (χ1v) is 11.1. The van der Waals surface area contributed by atoms with Crippen LogP contribution in [0.15, 0.2) is 0 Å². The molecular formula is C11H19NO2S4. The lowest BCUT2D eigenvalue weighted by atomic mass is 10.0. The Morgan fingerprint density at radius 2 is 1.72 bits per heavy atom. The molecule has 0 saturated carbocycles. The van der Waals surface area contributed by atoms with Crippen molar-refractivity contribution in [2.24, 2.45) is 5.92 Å². The lowest BCUT2D eigenvalue weighted by Gasteiger charge is -2.33. The standard InChI is InChI=1S/C11H19NO2S4/c1-12-7(6-4-15-18-11(6)14)2-3-8(12)10-9(13)5-16-17-10/h6-11,13-14H,2-5H2,1H3/t6-,7+,8+,9-,10-,11-/m0/s1. The second-order valence-electron chi connectivity index (χ2n) is 5.23. The number of hydrogen-bond donors (Lipinski definition) is 2. The number of likely N-dealkylation sites (tertiary alicyclic amines) is 1. The van der Waals surface area contributed by atoms with Crippen LogP contribution < -0.4 is 0 Å². The van der Waals surface area contributed by atoms with E-state index in [1.807, 2.05) is 10.8 Å². The fourth-order valence-corrected chi connectivity index (χ4v) is 9.37. The summed E-state index contributed by atoms with van der Waals surface area (Å²) in [7, 11) is 9.23. The van der Waals surface area contributed by atoms with Gasteiger partial charge in [0.25, 0.3) is 0 Å². The summed E-state index contributed by atoms with van der Waals surface area (Å²) in [6, 6.07) is 0.971. The molecule has 3 fully saturated rings. The third kappa shape index (κ3) is 2.56. The van der Waals surface area contributed by atoms with Crippen LogP contribution in [0.25, 0.3) is 0 Å². The SMILES string of the molecule is CN1[C@@H]([C@@H]2CSS[C@@H]2O)CC[C@@H]1[C@@H]1SSC[C@@H]1O. The molecule has 2 N–H and O–H groups in total. The molecule has 0 aliphatic carbocycles. The second-order valence-corrected chi connectivity index (χ2v) is 10.3. The number of rotatable bonds is 2. The van der Waals surface area contributed by atoms with Gasteiger partial charge in [-0.25, -0.2) is 0 Å². The molecule has 0 spiro atoms. The fraction of sp³-hybridized carbons (Fsp3) is 1.00. The first-order valence-electron chi connectivity index (χ1n) is 6.33. The van der Waals surface area contributed by atoms with Gasteiger partial charge in [-0.05, 0) is 19.9 Å². The summed E-state index contributed by atoms with van der Waals surface area (Å²) >= 11 is 0. The van der Waals surface area contributed by atoms with Gasteiger partial charge >= 0.3 is 0 Å². The van der Waals surface area contributed by atoms with Gasteiger partial charge in [-0.1, -0.05) is 43.2 Å². The Morgan fingerprint density at radius 3 is 2.33 bits per heavy atom. The van der Waals surface area contributed by atoms with E-state index in [0.29, 0.717) is 23.3 Å². The molecule has 0 aromatic rings. The van der Waals surface area contributed by atoms with Gasteiger partial charge in [0.2, 0.25) is 0 Å². The van der Waals surface area contributed by atoms with Crippen molar-refractivity contribution in [2.75, 3.05) is 18.6 Å². The Kier molecular flexibility index (Phi) is 4.71. The van der Waals surface area contributed by atoms with Crippen molar-refractivity contribution >= 4 is 43.2 Å². The highest BCUT2D eigenvalue weighted by atomic mass is 33.1.